The summed E-state index contributed by atoms with van der Waals surface area (Å²) in [6, 6.07) is 2.16. The van der Waals surface area contributed by atoms with Gasteiger partial charge in [0.2, 0.25) is 0 Å². The molecule has 2 rings (SSSR count). The molecule has 1 aliphatic rings. The Morgan fingerprint density at radius 3 is 2.93 bits per heavy atom. The summed E-state index contributed by atoms with van der Waals surface area (Å²) < 4.78 is 5.12. The zero-order chi connectivity index (χ0) is 10.3. The number of aromatic carboxylic acids is 1. The first-order valence-corrected chi connectivity index (χ1v) is 4.09. The van der Waals surface area contributed by atoms with Crippen LogP contribution in [0.4, 0.5) is 0 Å². The molecule has 1 aromatic rings. The molecule has 4 N–H and O–H groups in total. The topological polar surface area (TPSA) is 92.8 Å². The minimum absolute atomic E-state index is 0.0185. The Morgan fingerprint density at radius 2 is 2.29 bits per heavy atom. The number of phenolic OH excluding ortho intramolecular Hbond substituents is 1. The number of benzene rings is 1. The maximum atomic E-state index is 10.8. The maximum absolute atomic E-state index is 10.8. The van der Waals surface area contributed by atoms with E-state index in [9.17, 15) is 9.90 Å². The van der Waals surface area contributed by atoms with Gasteiger partial charge in [-0.1, -0.05) is 0 Å². The van der Waals surface area contributed by atoms with E-state index in [0.717, 1.165) is 0 Å². The highest BCUT2D eigenvalue weighted by molar-refractivity contribution is 5.92. The van der Waals surface area contributed by atoms with E-state index < -0.39 is 12.0 Å². The average molecular weight is 195 g/mol. The first kappa shape index (κ1) is 8.83. The Labute approximate surface area is 79.7 Å². The predicted molar refractivity (Wildman–Crippen MR) is 47.5 cm³/mol. The van der Waals surface area contributed by atoms with Gasteiger partial charge in [0.25, 0.3) is 0 Å². The van der Waals surface area contributed by atoms with Crippen LogP contribution in [0.2, 0.25) is 0 Å². The van der Waals surface area contributed by atoms with Crippen LogP contribution in [-0.2, 0) is 0 Å². The van der Waals surface area contributed by atoms with Gasteiger partial charge < -0.3 is 20.7 Å². The molecule has 1 heterocycles. The fraction of sp³-hybridized carbons (Fsp3) is 0.222. The van der Waals surface area contributed by atoms with Gasteiger partial charge in [-0.3, -0.25) is 0 Å². The number of carbonyl (C=O) groups is 1. The number of aromatic hydroxyl groups is 1. The van der Waals surface area contributed by atoms with E-state index in [2.05, 4.69) is 0 Å². The van der Waals surface area contributed by atoms with Crippen molar-refractivity contribution in [3.8, 4) is 11.5 Å². The SMILES string of the molecule is NC1COc2c(C(=O)O)ccc(O)c21. The first-order chi connectivity index (χ1) is 6.61. The van der Waals surface area contributed by atoms with Crippen LogP contribution in [0, 0.1) is 0 Å². The van der Waals surface area contributed by atoms with Crippen LogP contribution in [0.5, 0.6) is 11.5 Å². The average Bonchev–Trinajstić information content (AvgIpc) is 2.49. The van der Waals surface area contributed by atoms with Gasteiger partial charge in [0, 0.05) is 0 Å². The molecule has 0 fully saturated rings. The van der Waals surface area contributed by atoms with Crippen molar-refractivity contribution in [2.75, 3.05) is 6.61 Å². The van der Waals surface area contributed by atoms with Crippen molar-refractivity contribution in [2.24, 2.45) is 5.73 Å². The van der Waals surface area contributed by atoms with Crippen LogP contribution < -0.4 is 10.5 Å². The van der Waals surface area contributed by atoms with E-state index >= 15 is 0 Å². The third kappa shape index (κ3) is 1.10. The summed E-state index contributed by atoms with van der Waals surface area (Å²) in [6.07, 6.45) is 0. The Kier molecular flexibility index (Phi) is 1.82. The molecular formula is C9H9NO4. The molecule has 0 spiro atoms. The van der Waals surface area contributed by atoms with Crippen molar-refractivity contribution < 1.29 is 19.7 Å². The normalized spacial score (nSPS) is 18.8. The largest absolute Gasteiger partial charge is 0.507 e. The summed E-state index contributed by atoms with van der Waals surface area (Å²) in [4.78, 5) is 10.8. The van der Waals surface area contributed by atoms with Crippen LogP contribution >= 0.6 is 0 Å². The van der Waals surface area contributed by atoms with E-state index in [0.29, 0.717) is 5.56 Å². The summed E-state index contributed by atoms with van der Waals surface area (Å²) in [5, 5.41) is 18.3. The molecule has 0 saturated carbocycles. The van der Waals surface area contributed by atoms with Gasteiger partial charge in [0.1, 0.15) is 23.7 Å². The molecular weight excluding hydrogens is 186 g/mol. The second-order valence-electron chi connectivity index (χ2n) is 3.10. The van der Waals surface area contributed by atoms with Crippen molar-refractivity contribution in [3.05, 3.63) is 23.3 Å². The van der Waals surface area contributed by atoms with Crippen molar-refractivity contribution in [1.29, 1.82) is 0 Å². The minimum Gasteiger partial charge on any atom is -0.507 e. The van der Waals surface area contributed by atoms with Gasteiger partial charge in [-0.15, -0.1) is 0 Å². The lowest BCUT2D eigenvalue weighted by Gasteiger charge is -2.05. The van der Waals surface area contributed by atoms with Gasteiger partial charge in [-0.25, -0.2) is 4.79 Å². The minimum atomic E-state index is -1.09. The molecule has 0 bridgehead atoms. The van der Waals surface area contributed by atoms with Crippen LogP contribution in [0.15, 0.2) is 12.1 Å². The number of carboxylic acids is 1. The zero-order valence-corrected chi connectivity index (χ0v) is 7.23. The van der Waals surface area contributed by atoms with Crippen molar-refractivity contribution in [1.82, 2.24) is 0 Å². The first-order valence-electron chi connectivity index (χ1n) is 4.09. The lowest BCUT2D eigenvalue weighted by atomic mass is 10.0. The molecule has 0 saturated heterocycles. The molecule has 0 aliphatic carbocycles. The molecule has 74 valence electrons. The Bertz CT molecular complexity index is 402. The van der Waals surface area contributed by atoms with E-state index in [4.69, 9.17) is 15.6 Å². The molecule has 5 heteroatoms. The molecule has 14 heavy (non-hydrogen) atoms. The monoisotopic (exact) mass is 195 g/mol. The summed E-state index contributed by atoms with van der Waals surface area (Å²) in [6.45, 7) is 0.202. The molecule has 0 amide bonds. The third-order valence-corrected chi connectivity index (χ3v) is 2.18. The molecule has 1 atom stereocenters. The summed E-state index contributed by atoms with van der Waals surface area (Å²) in [5.41, 5.74) is 6.05. The number of ether oxygens (including phenoxy) is 1. The van der Waals surface area contributed by atoms with Crippen molar-refractivity contribution >= 4 is 5.97 Å². The fourth-order valence-electron chi connectivity index (χ4n) is 1.53. The van der Waals surface area contributed by atoms with E-state index in [1.165, 1.54) is 12.1 Å². The summed E-state index contributed by atoms with van der Waals surface area (Å²) in [7, 11) is 0. The summed E-state index contributed by atoms with van der Waals surface area (Å²) >= 11 is 0. The van der Waals surface area contributed by atoms with E-state index in [1.807, 2.05) is 0 Å². The summed E-state index contributed by atoms with van der Waals surface area (Å²) in [5.74, 6) is -0.921. The fourth-order valence-corrected chi connectivity index (χ4v) is 1.53. The molecule has 1 aromatic carbocycles. The third-order valence-electron chi connectivity index (χ3n) is 2.18. The van der Waals surface area contributed by atoms with Crippen molar-refractivity contribution in [2.45, 2.75) is 6.04 Å². The van der Waals surface area contributed by atoms with Crippen molar-refractivity contribution in [3.63, 3.8) is 0 Å². The molecule has 1 unspecified atom stereocenters. The Hall–Kier alpha value is -1.75. The number of nitrogens with two attached hydrogens (primary N) is 1. The second-order valence-corrected chi connectivity index (χ2v) is 3.10. The number of hydrogen-bond acceptors (Lipinski definition) is 4. The molecule has 0 aromatic heterocycles. The molecule has 1 aliphatic heterocycles. The van der Waals surface area contributed by atoms with Gasteiger partial charge in [0.15, 0.2) is 0 Å². The number of rotatable bonds is 1. The lowest BCUT2D eigenvalue weighted by molar-refractivity contribution is 0.0693. The second kappa shape index (κ2) is 2.88. The van der Waals surface area contributed by atoms with Crippen LogP contribution in [-0.4, -0.2) is 22.8 Å². The quantitative estimate of drug-likeness (QED) is 0.606. The van der Waals surface area contributed by atoms with Gasteiger partial charge in [-0.05, 0) is 12.1 Å². The molecule has 0 radical (unpaired) electrons. The number of hydrogen-bond donors (Lipinski definition) is 3. The highest BCUT2D eigenvalue weighted by atomic mass is 16.5. The lowest BCUT2D eigenvalue weighted by Crippen LogP contribution is -2.10. The number of fused-ring (bicyclic) bond motifs is 1. The van der Waals surface area contributed by atoms with Crippen LogP contribution in [0.25, 0.3) is 0 Å². The van der Waals surface area contributed by atoms with Gasteiger partial charge in [-0.2, -0.15) is 0 Å². The number of phenols is 1. The van der Waals surface area contributed by atoms with Crippen LogP contribution in [0.1, 0.15) is 22.0 Å². The molecule has 5 nitrogen and oxygen atoms in total. The smallest absolute Gasteiger partial charge is 0.339 e. The standard InChI is InChI=1S/C9H9NO4/c10-5-3-14-8-4(9(12)13)1-2-6(11)7(5)8/h1-2,5,11H,3,10H2,(H,12,13). The zero-order valence-electron chi connectivity index (χ0n) is 7.23. The van der Waals surface area contributed by atoms with Gasteiger partial charge in [0.05, 0.1) is 11.6 Å². The van der Waals surface area contributed by atoms with E-state index in [1.54, 1.807) is 0 Å². The number of carboxylic acid groups (broad SMARTS) is 1. The Balaban J connectivity index is 2.64. The predicted octanol–water partition coefficient (Wildman–Crippen LogP) is 0.483. The highest BCUT2D eigenvalue weighted by Crippen LogP contribution is 2.40. The van der Waals surface area contributed by atoms with Crippen LogP contribution in [0.3, 0.4) is 0 Å². The Morgan fingerprint density at radius 1 is 1.57 bits per heavy atom. The highest BCUT2D eigenvalue weighted by Gasteiger charge is 2.29. The van der Waals surface area contributed by atoms with Gasteiger partial charge >= 0.3 is 5.97 Å². The maximum Gasteiger partial charge on any atom is 0.339 e. The van der Waals surface area contributed by atoms with E-state index in [-0.39, 0.29) is 23.7 Å².